The predicted molar refractivity (Wildman–Crippen MR) is 101 cm³/mol. The summed E-state index contributed by atoms with van der Waals surface area (Å²) in [6.45, 7) is 6.11. The van der Waals surface area contributed by atoms with Gasteiger partial charge < -0.3 is 10.1 Å². The fourth-order valence-electron chi connectivity index (χ4n) is 3.44. The van der Waals surface area contributed by atoms with Gasteiger partial charge in [-0.2, -0.15) is 0 Å². The van der Waals surface area contributed by atoms with Gasteiger partial charge >= 0.3 is 0 Å². The van der Waals surface area contributed by atoms with Crippen molar-refractivity contribution in [2.24, 2.45) is 5.92 Å². The number of rotatable bonds is 6. The molecule has 3 heterocycles. The van der Waals surface area contributed by atoms with Gasteiger partial charge in [0.1, 0.15) is 11.2 Å². The molecule has 1 unspecified atom stereocenters. The zero-order valence-electron chi connectivity index (χ0n) is 15.1. The molecule has 0 saturated heterocycles. The predicted octanol–water partition coefficient (Wildman–Crippen LogP) is 2.62. The number of fused-ring (bicyclic) bond motifs is 5. The minimum atomic E-state index is -0.254. The second kappa shape index (κ2) is 7.28. The van der Waals surface area contributed by atoms with Crippen LogP contribution in [0.4, 0.5) is 0 Å². The smallest absolute Gasteiger partial charge is 0.290 e. The number of hydrogen-bond donors (Lipinski definition) is 1. The number of nitrogens with one attached hydrogen (secondary N) is 1. The maximum Gasteiger partial charge on any atom is 0.290 e. The molecule has 0 saturated carbocycles. The first-order chi connectivity index (χ1) is 12.7. The third kappa shape index (κ3) is 3.19. The lowest BCUT2D eigenvalue weighted by atomic mass is 9.89. The second-order valence-electron chi connectivity index (χ2n) is 6.79. The zero-order valence-corrected chi connectivity index (χ0v) is 15.9. The van der Waals surface area contributed by atoms with Crippen LogP contribution in [0, 0.1) is 5.92 Å². The highest BCUT2D eigenvalue weighted by atomic mass is 32.1. The molecule has 0 aromatic carbocycles. The van der Waals surface area contributed by atoms with E-state index >= 15 is 0 Å². The number of ether oxygens (including phenoxy) is 1. The Kier molecular flexibility index (Phi) is 4.86. The number of hydrogen-bond acceptors (Lipinski definition) is 6. The monoisotopic (exact) mass is 373 g/mol. The lowest BCUT2D eigenvalue weighted by Crippen LogP contribution is -2.26. The van der Waals surface area contributed by atoms with Gasteiger partial charge in [0.2, 0.25) is 5.82 Å². The van der Waals surface area contributed by atoms with Crippen molar-refractivity contribution in [3.8, 4) is 0 Å². The van der Waals surface area contributed by atoms with E-state index in [0.717, 1.165) is 35.1 Å². The van der Waals surface area contributed by atoms with Crippen LogP contribution in [-0.4, -0.2) is 45.2 Å². The summed E-state index contributed by atoms with van der Waals surface area (Å²) >= 11 is 1.75. The van der Waals surface area contributed by atoms with Crippen molar-refractivity contribution in [1.82, 2.24) is 24.9 Å². The van der Waals surface area contributed by atoms with Gasteiger partial charge in [-0.25, -0.2) is 14.5 Å². The van der Waals surface area contributed by atoms with Crippen LogP contribution in [0.15, 0.2) is 6.33 Å². The van der Waals surface area contributed by atoms with E-state index in [1.54, 1.807) is 22.2 Å². The van der Waals surface area contributed by atoms with E-state index in [2.05, 4.69) is 27.3 Å². The molecule has 1 N–H and O–H groups in total. The highest BCUT2D eigenvalue weighted by molar-refractivity contribution is 7.19. The van der Waals surface area contributed by atoms with Gasteiger partial charge in [-0.1, -0.05) is 6.92 Å². The van der Waals surface area contributed by atoms with Gasteiger partial charge in [-0.15, -0.1) is 16.4 Å². The van der Waals surface area contributed by atoms with E-state index in [-0.39, 0.29) is 11.7 Å². The third-order valence-corrected chi connectivity index (χ3v) is 5.99. The molecule has 3 aromatic rings. The van der Waals surface area contributed by atoms with E-state index in [1.807, 2.05) is 6.92 Å². The van der Waals surface area contributed by atoms with Gasteiger partial charge in [0.05, 0.1) is 5.39 Å². The molecule has 26 heavy (non-hydrogen) atoms. The topological polar surface area (TPSA) is 81.4 Å². The van der Waals surface area contributed by atoms with Crippen LogP contribution in [0.5, 0.6) is 0 Å². The van der Waals surface area contributed by atoms with Crippen molar-refractivity contribution in [3.63, 3.8) is 0 Å². The van der Waals surface area contributed by atoms with Gasteiger partial charge in [-0.3, -0.25) is 4.79 Å². The largest absolute Gasteiger partial charge is 0.382 e. The lowest BCUT2D eigenvalue weighted by molar-refractivity contribution is 0.0934. The van der Waals surface area contributed by atoms with Crippen LogP contribution in [0.1, 0.15) is 47.7 Å². The molecule has 1 atom stereocenters. The molecule has 0 spiro atoms. The second-order valence-corrected chi connectivity index (χ2v) is 7.87. The molecule has 0 radical (unpaired) electrons. The number of aromatic nitrogens is 4. The number of nitrogens with zero attached hydrogens (tertiary/aromatic N) is 4. The molecule has 138 valence electrons. The molecule has 1 aliphatic rings. The molecule has 8 heteroatoms. The van der Waals surface area contributed by atoms with E-state index in [9.17, 15) is 4.79 Å². The molecule has 0 aliphatic heterocycles. The molecule has 0 bridgehead atoms. The molecule has 1 aliphatic carbocycles. The molecular formula is C18H23N5O2S. The first-order valence-corrected chi connectivity index (χ1v) is 10.0. The van der Waals surface area contributed by atoms with Crippen LogP contribution in [0.3, 0.4) is 0 Å². The normalized spacial score (nSPS) is 16.9. The van der Waals surface area contributed by atoms with E-state index in [0.29, 0.717) is 25.7 Å². The Bertz CT molecular complexity index is 948. The average molecular weight is 373 g/mol. The first kappa shape index (κ1) is 17.4. The molecule has 4 rings (SSSR count). The zero-order chi connectivity index (χ0) is 18.1. The van der Waals surface area contributed by atoms with Gasteiger partial charge in [0.25, 0.3) is 5.91 Å². The number of carbonyl (C=O) groups is 1. The SMILES string of the molecule is CCOCCCNC(=O)c1nc2c3c4c(sc3ncn2n1)CCC(C)C4. The minimum absolute atomic E-state index is 0.194. The maximum absolute atomic E-state index is 12.4. The van der Waals surface area contributed by atoms with Crippen LogP contribution in [-0.2, 0) is 17.6 Å². The summed E-state index contributed by atoms with van der Waals surface area (Å²) in [6, 6.07) is 0. The number of aryl methyl sites for hydroxylation is 1. The summed E-state index contributed by atoms with van der Waals surface area (Å²) in [5.74, 6) is 0.604. The van der Waals surface area contributed by atoms with Crippen molar-refractivity contribution in [2.45, 2.75) is 39.5 Å². The van der Waals surface area contributed by atoms with Gasteiger partial charge in [0.15, 0.2) is 5.65 Å². The van der Waals surface area contributed by atoms with E-state index in [1.165, 1.54) is 16.9 Å². The van der Waals surface area contributed by atoms with Crippen LogP contribution in [0.25, 0.3) is 15.9 Å². The fourth-order valence-corrected chi connectivity index (χ4v) is 4.62. The third-order valence-electron chi connectivity index (χ3n) is 4.79. The quantitative estimate of drug-likeness (QED) is 0.672. The van der Waals surface area contributed by atoms with Crippen LogP contribution >= 0.6 is 11.3 Å². The first-order valence-electron chi connectivity index (χ1n) is 9.19. The van der Waals surface area contributed by atoms with Crippen molar-refractivity contribution in [1.29, 1.82) is 0 Å². The van der Waals surface area contributed by atoms with Gasteiger partial charge in [0, 0.05) is 24.6 Å². The Hall–Kier alpha value is -2.06. The Balaban J connectivity index is 1.61. The Morgan fingerprint density at radius 3 is 3.23 bits per heavy atom. The summed E-state index contributed by atoms with van der Waals surface area (Å²) in [4.78, 5) is 23.8. The van der Waals surface area contributed by atoms with E-state index < -0.39 is 0 Å². The minimum Gasteiger partial charge on any atom is -0.382 e. The average Bonchev–Trinajstić information content (AvgIpc) is 3.21. The Labute approximate surface area is 155 Å². The van der Waals surface area contributed by atoms with E-state index in [4.69, 9.17) is 4.74 Å². The van der Waals surface area contributed by atoms with Crippen LogP contribution in [0.2, 0.25) is 0 Å². The van der Waals surface area contributed by atoms with Crippen molar-refractivity contribution >= 4 is 33.1 Å². The lowest BCUT2D eigenvalue weighted by Gasteiger charge is -2.17. The van der Waals surface area contributed by atoms with Crippen LogP contribution < -0.4 is 5.32 Å². The Morgan fingerprint density at radius 1 is 1.50 bits per heavy atom. The van der Waals surface area contributed by atoms with Crippen molar-refractivity contribution < 1.29 is 9.53 Å². The van der Waals surface area contributed by atoms with Gasteiger partial charge in [-0.05, 0) is 44.1 Å². The number of amides is 1. The maximum atomic E-state index is 12.4. The summed E-state index contributed by atoms with van der Waals surface area (Å²) in [7, 11) is 0. The molecular weight excluding hydrogens is 350 g/mol. The number of thiophene rings is 1. The number of carbonyl (C=O) groups excluding carboxylic acids is 1. The van der Waals surface area contributed by atoms with Crippen molar-refractivity contribution in [3.05, 3.63) is 22.6 Å². The Morgan fingerprint density at radius 2 is 2.38 bits per heavy atom. The summed E-state index contributed by atoms with van der Waals surface area (Å²) in [5, 5.41) is 8.26. The highest BCUT2D eigenvalue weighted by Gasteiger charge is 2.24. The standard InChI is InChI=1S/C18H23N5O2S/c1-3-25-8-4-7-19-17(24)15-21-16-14-12-9-11(2)5-6-13(12)26-18(14)20-10-23(16)22-15/h10-11H,3-9H2,1-2H3,(H,19,24). The molecule has 7 nitrogen and oxygen atoms in total. The molecule has 1 amide bonds. The fraction of sp³-hybridized carbons (Fsp3) is 0.556. The molecule has 3 aromatic heterocycles. The summed E-state index contributed by atoms with van der Waals surface area (Å²) in [6.07, 6.45) is 5.79. The summed E-state index contributed by atoms with van der Waals surface area (Å²) < 4.78 is 6.90. The van der Waals surface area contributed by atoms with Crippen molar-refractivity contribution in [2.75, 3.05) is 19.8 Å². The highest BCUT2D eigenvalue weighted by Crippen LogP contribution is 2.38. The molecule has 0 fully saturated rings. The summed E-state index contributed by atoms with van der Waals surface area (Å²) in [5.41, 5.74) is 2.08.